The molecule has 1 aromatic rings. The van der Waals surface area contributed by atoms with E-state index in [-0.39, 0.29) is 11.8 Å². The van der Waals surface area contributed by atoms with E-state index in [1.807, 2.05) is 13.8 Å². The number of nitrogens with two attached hydrogens (primary N) is 1. The van der Waals surface area contributed by atoms with Gasteiger partial charge in [0, 0.05) is 6.04 Å². The van der Waals surface area contributed by atoms with Crippen LogP contribution in [0.3, 0.4) is 0 Å². The highest BCUT2D eigenvalue weighted by atomic mass is 19.4. The summed E-state index contributed by atoms with van der Waals surface area (Å²) in [7, 11) is 0. The van der Waals surface area contributed by atoms with Crippen LogP contribution in [0.2, 0.25) is 0 Å². The zero-order valence-electron chi connectivity index (χ0n) is 9.79. The molecule has 0 fully saturated rings. The Morgan fingerprint density at radius 1 is 1.18 bits per heavy atom. The van der Waals surface area contributed by atoms with Gasteiger partial charge in [-0.1, -0.05) is 26.0 Å². The number of alkyl halides is 3. The molecule has 1 atom stereocenters. The number of rotatable bonds is 4. The van der Waals surface area contributed by atoms with Gasteiger partial charge in [0.2, 0.25) is 0 Å². The smallest absolute Gasteiger partial charge is 0.406 e. The van der Waals surface area contributed by atoms with Crippen molar-refractivity contribution in [2.75, 3.05) is 0 Å². The number of hydrogen-bond donors (Lipinski definition) is 1. The normalized spacial score (nSPS) is 13.8. The molecule has 0 aliphatic carbocycles. The van der Waals surface area contributed by atoms with Crippen molar-refractivity contribution in [1.29, 1.82) is 0 Å². The molecule has 0 aromatic heterocycles. The van der Waals surface area contributed by atoms with E-state index < -0.39 is 6.36 Å². The molecule has 1 unspecified atom stereocenters. The first-order valence-electron chi connectivity index (χ1n) is 5.39. The second-order valence-electron chi connectivity index (χ2n) is 4.35. The van der Waals surface area contributed by atoms with Crippen molar-refractivity contribution in [3.05, 3.63) is 29.8 Å². The maximum atomic E-state index is 11.9. The fraction of sp³-hybridized carbons (Fsp3) is 0.500. The Balaban J connectivity index is 2.67. The molecule has 17 heavy (non-hydrogen) atoms. The summed E-state index contributed by atoms with van der Waals surface area (Å²) in [6.45, 7) is 4.09. The minimum Gasteiger partial charge on any atom is -0.406 e. The van der Waals surface area contributed by atoms with Gasteiger partial charge in [-0.3, -0.25) is 0 Å². The second-order valence-corrected chi connectivity index (χ2v) is 4.35. The lowest BCUT2D eigenvalue weighted by Crippen LogP contribution is -2.17. The molecule has 0 bridgehead atoms. The zero-order chi connectivity index (χ0) is 13.1. The van der Waals surface area contributed by atoms with E-state index in [0.29, 0.717) is 5.92 Å². The molecule has 0 spiro atoms. The Hall–Kier alpha value is -1.23. The van der Waals surface area contributed by atoms with E-state index in [2.05, 4.69) is 4.74 Å². The quantitative estimate of drug-likeness (QED) is 0.881. The molecule has 0 aliphatic heterocycles. The number of halogens is 3. The average molecular weight is 247 g/mol. The summed E-state index contributed by atoms with van der Waals surface area (Å²) < 4.78 is 39.6. The van der Waals surface area contributed by atoms with Crippen molar-refractivity contribution >= 4 is 0 Å². The number of benzene rings is 1. The van der Waals surface area contributed by atoms with E-state index in [9.17, 15) is 13.2 Å². The topological polar surface area (TPSA) is 35.2 Å². The summed E-state index contributed by atoms with van der Waals surface area (Å²) >= 11 is 0. The molecular formula is C12H16F3NO. The monoisotopic (exact) mass is 247 g/mol. The Morgan fingerprint density at radius 3 is 2.12 bits per heavy atom. The fourth-order valence-corrected chi connectivity index (χ4v) is 1.56. The third-order valence-corrected chi connectivity index (χ3v) is 2.27. The first-order valence-corrected chi connectivity index (χ1v) is 5.39. The molecule has 0 radical (unpaired) electrons. The Labute approximate surface area is 98.6 Å². The van der Waals surface area contributed by atoms with Crippen LogP contribution in [0, 0.1) is 5.92 Å². The molecule has 0 heterocycles. The van der Waals surface area contributed by atoms with Crippen LogP contribution in [0.4, 0.5) is 13.2 Å². The first kappa shape index (κ1) is 13.8. The molecule has 0 aliphatic rings. The van der Waals surface area contributed by atoms with Crippen LogP contribution in [-0.4, -0.2) is 6.36 Å². The lowest BCUT2D eigenvalue weighted by Gasteiger charge is -2.15. The van der Waals surface area contributed by atoms with E-state index in [1.54, 1.807) is 12.1 Å². The van der Waals surface area contributed by atoms with Gasteiger partial charge in [-0.15, -0.1) is 13.2 Å². The summed E-state index contributed by atoms with van der Waals surface area (Å²) in [5.74, 6) is 0.217. The third kappa shape index (κ3) is 5.08. The Bertz CT molecular complexity index is 346. The molecule has 1 rings (SSSR count). The van der Waals surface area contributed by atoms with Gasteiger partial charge in [0.1, 0.15) is 5.75 Å². The van der Waals surface area contributed by atoms with Crippen molar-refractivity contribution in [3.63, 3.8) is 0 Å². The molecule has 2 nitrogen and oxygen atoms in total. The van der Waals surface area contributed by atoms with Crippen molar-refractivity contribution in [1.82, 2.24) is 0 Å². The third-order valence-electron chi connectivity index (χ3n) is 2.27. The van der Waals surface area contributed by atoms with E-state index in [0.717, 1.165) is 12.0 Å². The average Bonchev–Trinajstić information content (AvgIpc) is 2.15. The van der Waals surface area contributed by atoms with Gasteiger partial charge >= 0.3 is 6.36 Å². The number of hydrogen-bond acceptors (Lipinski definition) is 2. The van der Waals surface area contributed by atoms with Crippen LogP contribution in [0.5, 0.6) is 5.75 Å². The van der Waals surface area contributed by atoms with Crippen LogP contribution >= 0.6 is 0 Å². The summed E-state index contributed by atoms with van der Waals surface area (Å²) in [4.78, 5) is 0. The standard InChI is InChI=1S/C12H16F3NO/c1-8(2)7-11(16)9-3-5-10(6-4-9)17-12(13,14)15/h3-6,8,11H,7,16H2,1-2H3. The summed E-state index contributed by atoms with van der Waals surface area (Å²) in [5.41, 5.74) is 6.72. The Kier molecular flexibility index (Phi) is 4.40. The van der Waals surface area contributed by atoms with Crippen LogP contribution in [0.15, 0.2) is 24.3 Å². The summed E-state index contributed by atoms with van der Waals surface area (Å²) in [5, 5.41) is 0. The Morgan fingerprint density at radius 2 is 1.71 bits per heavy atom. The van der Waals surface area contributed by atoms with Gasteiger partial charge in [-0.2, -0.15) is 0 Å². The SMILES string of the molecule is CC(C)CC(N)c1ccc(OC(F)(F)F)cc1. The van der Waals surface area contributed by atoms with Crippen molar-refractivity contribution in [2.45, 2.75) is 32.7 Å². The van der Waals surface area contributed by atoms with Crippen molar-refractivity contribution in [2.24, 2.45) is 11.7 Å². The lowest BCUT2D eigenvalue weighted by molar-refractivity contribution is -0.274. The predicted molar refractivity (Wildman–Crippen MR) is 59.5 cm³/mol. The molecule has 5 heteroatoms. The molecule has 2 N–H and O–H groups in total. The van der Waals surface area contributed by atoms with E-state index in [4.69, 9.17) is 5.73 Å². The zero-order valence-corrected chi connectivity index (χ0v) is 9.79. The second kappa shape index (κ2) is 5.40. The molecule has 96 valence electrons. The maximum absolute atomic E-state index is 11.9. The highest BCUT2D eigenvalue weighted by Gasteiger charge is 2.30. The van der Waals surface area contributed by atoms with Gasteiger partial charge in [-0.05, 0) is 30.0 Å². The van der Waals surface area contributed by atoms with Gasteiger partial charge in [0.05, 0.1) is 0 Å². The molecule has 0 saturated carbocycles. The fourth-order valence-electron chi connectivity index (χ4n) is 1.56. The van der Waals surface area contributed by atoms with Crippen molar-refractivity contribution in [3.8, 4) is 5.75 Å². The van der Waals surface area contributed by atoms with Crippen LogP contribution in [0.25, 0.3) is 0 Å². The first-order chi connectivity index (χ1) is 7.78. The highest BCUT2D eigenvalue weighted by Crippen LogP contribution is 2.25. The summed E-state index contributed by atoms with van der Waals surface area (Å²) in [6.07, 6.45) is -3.86. The minimum absolute atomic E-state index is 0.157. The van der Waals surface area contributed by atoms with Gasteiger partial charge < -0.3 is 10.5 Å². The summed E-state index contributed by atoms with van der Waals surface area (Å²) in [6, 6.07) is 5.53. The van der Waals surface area contributed by atoms with Gasteiger partial charge in [0.25, 0.3) is 0 Å². The van der Waals surface area contributed by atoms with Crippen LogP contribution in [-0.2, 0) is 0 Å². The lowest BCUT2D eigenvalue weighted by atomic mass is 9.98. The largest absolute Gasteiger partial charge is 0.573 e. The van der Waals surface area contributed by atoms with E-state index >= 15 is 0 Å². The molecule has 0 saturated heterocycles. The molecule has 1 aromatic carbocycles. The minimum atomic E-state index is -4.65. The molecule has 0 amide bonds. The maximum Gasteiger partial charge on any atom is 0.573 e. The van der Waals surface area contributed by atoms with Gasteiger partial charge in [0.15, 0.2) is 0 Å². The number of ether oxygens (including phenoxy) is 1. The predicted octanol–water partition coefficient (Wildman–Crippen LogP) is 3.63. The van der Waals surface area contributed by atoms with E-state index in [1.165, 1.54) is 12.1 Å². The van der Waals surface area contributed by atoms with Crippen molar-refractivity contribution < 1.29 is 17.9 Å². The van der Waals surface area contributed by atoms with Crippen LogP contribution < -0.4 is 10.5 Å². The van der Waals surface area contributed by atoms with Crippen LogP contribution in [0.1, 0.15) is 31.9 Å². The highest BCUT2D eigenvalue weighted by molar-refractivity contribution is 5.29. The van der Waals surface area contributed by atoms with Gasteiger partial charge in [-0.25, -0.2) is 0 Å². The molecular weight excluding hydrogens is 231 g/mol.